The fourth-order valence-electron chi connectivity index (χ4n) is 2.03. The van der Waals surface area contributed by atoms with Gasteiger partial charge in [0.2, 0.25) is 0 Å². The Balaban J connectivity index is 1.68. The number of ether oxygens (including phenoxy) is 1. The molecule has 1 saturated carbocycles. The minimum Gasteiger partial charge on any atom is -0.370 e. The van der Waals surface area contributed by atoms with Crippen LogP contribution in [0.1, 0.15) is 25.7 Å². The second-order valence-electron chi connectivity index (χ2n) is 3.67. The summed E-state index contributed by atoms with van der Waals surface area (Å²) >= 11 is 1.97. The van der Waals surface area contributed by atoms with Gasteiger partial charge in [-0.25, -0.2) is 0 Å². The second kappa shape index (κ2) is 3.36. The van der Waals surface area contributed by atoms with Crippen LogP contribution in [0.2, 0.25) is 0 Å². The third kappa shape index (κ3) is 1.91. The van der Waals surface area contributed by atoms with Crippen LogP contribution >= 0.6 is 11.8 Å². The van der Waals surface area contributed by atoms with E-state index in [0.29, 0.717) is 12.2 Å². The molecule has 1 aliphatic carbocycles. The average molecular weight is 172 g/mol. The molecule has 0 aromatic heterocycles. The molecule has 0 radical (unpaired) electrons. The number of thioether (sulfide) groups is 1. The minimum absolute atomic E-state index is 0.676. The van der Waals surface area contributed by atoms with Crippen molar-refractivity contribution < 1.29 is 4.74 Å². The van der Waals surface area contributed by atoms with E-state index in [4.69, 9.17) is 4.74 Å². The molecule has 0 aromatic rings. The maximum atomic E-state index is 5.48. The van der Waals surface area contributed by atoms with Gasteiger partial charge in [0.05, 0.1) is 12.2 Å². The molecular formula is C9H16OS. The molecule has 1 aliphatic heterocycles. The molecule has 0 aromatic carbocycles. The van der Waals surface area contributed by atoms with E-state index in [1.807, 2.05) is 11.8 Å². The summed E-state index contributed by atoms with van der Waals surface area (Å²) in [7, 11) is 0. The van der Waals surface area contributed by atoms with Gasteiger partial charge in [0, 0.05) is 0 Å². The van der Waals surface area contributed by atoms with E-state index < -0.39 is 0 Å². The first-order valence-corrected chi connectivity index (χ1v) is 5.94. The monoisotopic (exact) mass is 172 g/mol. The standard InChI is InChI=1S/C9H16OS/c1-11-5-4-7-2-3-8-9(6-7)10-8/h7-9H,2-6H2,1H3. The highest BCUT2D eigenvalue weighted by Gasteiger charge is 2.43. The van der Waals surface area contributed by atoms with Crippen molar-refractivity contribution in [1.29, 1.82) is 0 Å². The highest BCUT2D eigenvalue weighted by molar-refractivity contribution is 7.98. The smallest absolute Gasteiger partial charge is 0.0844 e. The Hall–Kier alpha value is 0.310. The van der Waals surface area contributed by atoms with Crippen molar-refractivity contribution in [1.82, 2.24) is 0 Å². The van der Waals surface area contributed by atoms with E-state index in [2.05, 4.69) is 6.26 Å². The van der Waals surface area contributed by atoms with Gasteiger partial charge in [0.1, 0.15) is 0 Å². The fourth-order valence-corrected chi connectivity index (χ4v) is 2.60. The lowest BCUT2D eigenvalue weighted by Crippen LogP contribution is -2.13. The van der Waals surface area contributed by atoms with Gasteiger partial charge >= 0.3 is 0 Å². The number of hydrogen-bond acceptors (Lipinski definition) is 2. The van der Waals surface area contributed by atoms with Crippen LogP contribution in [0.5, 0.6) is 0 Å². The van der Waals surface area contributed by atoms with Crippen molar-refractivity contribution in [2.24, 2.45) is 5.92 Å². The van der Waals surface area contributed by atoms with E-state index in [-0.39, 0.29) is 0 Å². The van der Waals surface area contributed by atoms with E-state index in [1.54, 1.807) is 0 Å². The van der Waals surface area contributed by atoms with E-state index in [1.165, 1.54) is 31.4 Å². The zero-order chi connectivity index (χ0) is 7.68. The van der Waals surface area contributed by atoms with Crippen molar-refractivity contribution in [2.75, 3.05) is 12.0 Å². The molecule has 0 bridgehead atoms. The first kappa shape index (κ1) is 7.93. The molecule has 0 spiro atoms. The average Bonchev–Trinajstić information content (AvgIpc) is 2.78. The molecule has 1 saturated heterocycles. The number of rotatable bonds is 3. The molecule has 2 rings (SSSR count). The molecule has 1 heterocycles. The third-order valence-electron chi connectivity index (χ3n) is 2.84. The van der Waals surface area contributed by atoms with Crippen LogP contribution in [-0.4, -0.2) is 24.2 Å². The van der Waals surface area contributed by atoms with Crippen LogP contribution in [0.15, 0.2) is 0 Å². The Labute approximate surface area is 72.9 Å². The van der Waals surface area contributed by atoms with Crippen LogP contribution in [0, 0.1) is 5.92 Å². The van der Waals surface area contributed by atoms with Gasteiger partial charge in [0.25, 0.3) is 0 Å². The molecule has 0 N–H and O–H groups in total. The van der Waals surface area contributed by atoms with Gasteiger partial charge in [-0.15, -0.1) is 0 Å². The third-order valence-corrected chi connectivity index (χ3v) is 3.49. The van der Waals surface area contributed by atoms with Gasteiger partial charge in [-0.05, 0) is 43.6 Å². The van der Waals surface area contributed by atoms with Gasteiger partial charge in [-0.1, -0.05) is 0 Å². The van der Waals surface area contributed by atoms with Crippen molar-refractivity contribution in [3.05, 3.63) is 0 Å². The quantitative estimate of drug-likeness (QED) is 0.606. The van der Waals surface area contributed by atoms with Crippen LogP contribution in [0.4, 0.5) is 0 Å². The van der Waals surface area contributed by atoms with Gasteiger partial charge in [0.15, 0.2) is 0 Å². The zero-order valence-corrected chi connectivity index (χ0v) is 7.90. The lowest BCUT2D eigenvalue weighted by atomic mass is 9.88. The Kier molecular flexibility index (Phi) is 2.42. The topological polar surface area (TPSA) is 12.5 Å². The number of hydrogen-bond donors (Lipinski definition) is 0. The SMILES string of the molecule is CSCCC1CCC2OC2C1. The van der Waals surface area contributed by atoms with Crippen molar-refractivity contribution in [2.45, 2.75) is 37.9 Å². The van der Waals surface area contributed by atoms with E-state index >= 15 is 0 Å². The number of epoxide rings is 1. The van der Waals surface area contributed by atoms with Crippen molar-refractivity contribution in [3.63, 3.8) is 0 Å². The molecule has 3 unspecified atom stereocenters. The summed E-state index contributed by atoms with van der Waals surface area (Å²) in [5, 5.41) is 0. The Morgan fingerprint density at radius 2 is 2.27 bits per heavy atom. The molecular weight excluding hydrogens is 156 g/mol. The summed E-state index contributed by atoms with van der Waals surface area (Å²) < 4.78 is 5.48. The fraction of sp³-hybridized carbons (Fsp3) is 1.00. The zero-order valence-electron chi connectivity index (χ0n) is 7.08. The summed E-state index contributed by atoms with van der Waals surface area (Å²) in [6, 6.07) is 0. The molecule has 11 heavy (non-hydrogen) atoms. The Morgan fingerprint density at radius 1 is 1.36 bits per heavy atom. The highest BCUT2D eigenvalue weighted by Crippen LogP contribution is 2.40. The van der Waals surface area contributed by atoms with Crippen molar-refractivity contribution in [3.8, 4) is 0 Å². The molecule has 3 atom stereocenters. The predicted molar refractivity (Wildman–Crippen MR) is 49.0 cm³/mol. The first-order valence-electron chi connectivity index (χ1n) is 4.54. The summed E-state index contributed by atoms with van der Waals surface area (Å²) in [4.78, 5) is 0. The minimum atomic E-state index is 0.676. The van der Waals surface area contributed by atoms with Crippen LogP contribution in [0.3, 0.4) is 0 Å². The van der Waals surface area contributed by atoms with Crippen LogP contribution in [0.25, 0.3) is 0 Å². The molecule has 1 nitrogen and oxygen atoms in total. The molecule has 64 valence electrons. The normalized spacial score (nSPS) is 41.7. The Bertz CT molecular complexity index is 138. The Morgan fingerprint density at radius 3 is 3.00 bits per heavy atom. The second-order valence-corrected chi connectivity index (χ2v) is 4.66. The van der Waals surface area contributed by atoms with Gasteiger partial charge in [-0.2, -0.15) is 11.8 Å². The lowest BCUT2D eigenvalue weighted by molar-refractivity contribution is 0.358. The van der Waals surface area contributed by atoms with Gasteiger partial charge in [-0.3, -0.25) is 0 Å². The van der Waals surface area contributed by atoms with Crippen LogP contribution < -0.4 is 0 Å². The summed E-state index contributed by atoms with van der Waals surface area (Å²) in [6.07, 6.45) is 9.07. The van der Waals surface area contributed by atoms with Gasteiger partial charge < -0.3 is 4.74 Å². The maximum absolute atomic E-state index is 5.48. The molecule has 2 fully saturated rings. The summed E-state index contributed by atoms with van der Waals surface area (Å²) in [6.45, 7) is 0. The van der Waals surface area contributed by atoms with E-state index in [0.717, 1.165) is 5.92 Å². The van der Waals surface area contributed by atoms with E-state index in [9.17, 15) is 0 Å². The first-order chi connectivity index (χ1) is 5.40. The summed E-state index contributed by atoms with van der Waals surface area (Å²) in [5.41, 5.74) is 0. The predicted octanol–water partition coefficient (Wildman–Crippen LogP) is 2.31. The molecule has 2 aliphatic rings. The largest absolute Gasteiger partial charge is 0.370 e. The van der Waals surface area contributed by atoms with Crippen molar-refractivity contribution >= 4 is 11.8 Å². The summed E-state index contributed by atoms with van der Waals surface area (Å²) in [5.74, 6) is 2.31. The highest BCUT2D eigenvalue weighted by atomic mass is 32.2. The van der Waals surface area contributed by atoms with Crippen LogP contribution in [-0.2, 0) is 4.74 Å². The molecule has 0 amide bonds. The molecule has 2 heteroatoms. The number of fused-ring (bicyclic) bond motifs is 1. The maximum Gasteiger partial charge on any atom is 0.0844 e. The lowest BCUT2D eigenvalue weighted by Gasteiger charge is -2.17.